The number of benzene rings is 1. The number of thioether (sulfide) groups is 1. The molecule has 0 unspecified atom stereocenters. The van der Waals surface area contributed by atoms with Crippen LogP contribution in [0.1, 0.15) is 33.6 Å². The highest BCUT2D eigenvalue weighted by Crippen LogP contribution is 2.21. The van der Waals surface area contributed by atoms with Crippen molar-refractivity contribution in [2.75, 3.05) is 18.1 Å². The van der Waals surface area contributed by atoms with Gasteiger partial charge in [0.25, 0.3) is 5.91 Å². The molecule has 0 aliphatic carbocycles. The van der Waals surface area contributed by atoms with Crippen LogP contribution in [0.15, 0.2) is 24.3 Å². The number of amides is 1. The summed E-state index contributed by atoms with van der Waals surface area (Å²) in [7, 11) is 0. The average Bonchev–Trinajstić information content (AvgIpc) is 2.46. The van der Waals surface area contributed by atoms with E-state index in [4.69, 9.17) is 5.11 Å². The molecule has 2 rings (SSSR count). The van der Waals surface area contributed by atoms with Crippen molar-refractivity contribution in [3.8, 4) is 0 Å². The summed E-state index contributed by atoms with van der Waals surface area (Å²) in [6.45, 7) is 0.677. The van der Waals surface area contributed by atoms with Crippen LogP contribution in [0.4, 0.5) is 0 Å². The summed E-state index contributed by atoms with van der Waals surface area (Å²) in [6, 6.07) is 6.12. The van der Waals surface area contributed by atoms with Crippen molar-refractivity contribution in [1.29, 1.82) is 0 Å². The minimum atomic E-state index is -1.01. The van der Waals surface area contributed by atoms with Crippen LogP contribution < -0.4 is 5.32 Å². The van der Waals surface area contributed by atoms with E-state index in [0.717, 1.165) is 24.3 Å². The van der Waals surface area contributed by atoms with Crippen LogP contribution in [0.3, 0.4) is 0 Å². The average molecular weight is 279 g/mol. The molecule has 1 saturated heterocycles. The monoisotopic (exact) mass is 279 g/mol. The first-order valence-corrected chi connectivity index (χ1v) is 7.51. The molecule has 0 atom stereocenters. The topological polar surface area (TPSA) is 66.4 Å². The van der Waals surface area contributed by atoms with Gasteiger partial charge in [0.05, 0.1) is 5.56 Å². The Bertz CT molecular complexity index is 470. The largest absolute Gasteiger partial charge is 0.478 e. The van der Waals surface area contributed by atoms with Gasteiger partial charge in [-0.05, 0) is 48.5 Å². The van der Waals surface area contributed by atoms with Crippen LogP contribution in [0.5, 0.6) is 0 Å². The van der Waals surface area contributed by atoms with E-state index in [1.807, 2.05) is 11.8 Å². The van der Waals surface area contributed by atoms with E-state index in [1.54, 1.807) is 12.1 Å². The van der Waals surface area contributed by atoms with Crippen molar-refractivity contribution in [1.82, 2.24) is 5.32 Å². The van der Waals surface area contributed by atoms with Gasteiger partial charge in [-0.25, -0.2) is 4.79 Å². The van der Waals surface area contributed by atoms with Crippen LogP contribution in [0, 0.1) is 5.92 Å². The molecule has 1 aromatic rings. The van der Waals surface area contributed by atoms with Crippen molar-refractivity contribution in [2.45, 2.75) is 12.8 Å². The normalized spacial score (nSPS) is 16.0. The highest BCUT2D eigenvalue weighted by Gasteiger charge is 2.15. The number of carbonyl (C=O) groups excluding carboxylic acids is 1. The van der Waals surface area contributed by atoms with Crippen molar-refractivity contribution >= 4 is 23.6 Å². The summed E-state index contributed by atoms with van der Waals surface area (Å²) in [5, 5.41) is 11.8. The Morgan fingerprint density at radius 3 is 2.63 bits per heavy atom. The molecule has 0 saturated carbocycles. The predicted molar refractivity (Wildman–Crippen MR) is 75.8 cm³/mol. The molecule has 0 aromatic heterocycles. The second-order valence-corrected chi connectivity index (χ2v) is 5.88. The molecule has 1 heterocycles. The third-order valence-electron chi connectivity index (χ3n) is 3.26. The van der Waals surface area contributed by atoms with Gasteiger partial charge in [0.15, 0.2) is 0 Å². The number of hydrogen-bond acceptors (Lipinski definition) is 3. The molecule has 19 heavy (non-hydrogen) atoms. The van der Waals surface area contributed by atoms with Gasteiger partial charge in [0.2, 0.25) is 0 Å². The lowest BCUT2D eigenvalue weighted by Crippen LogP contribution is -2.31. The number of carboxylic acids is 1. The molecule has 1 amide bonds. The Morgan fingerprint density at radius 2 is 1.95 bits per heavy atom. The van der Waals surface area contributed by atoms with Gasteiger partial charge in [0, 0.05) is 12.1 Å². The molecule has 0 radical (unpaired) electrons. The van der Waals surface area contributed by atoms with Gasteiger partial charge in [-0.15, -0.1) is 0 Å². The van der Waals surface area contributed by atoms with E-state index in [2.05, 4.69) is 5.32 Å². The van der Waals surface area contributed by atoms with E-state index < -0.39 is 5.97 Å². The molecule has 4 nitrogen and oxygen atoms in total. The van der Waals surface area contributed by atoms with E-state index in [1.165, 1.54) is 12.1 Å². The molecule has 1 aromatic carbocycles. The molecule has 0 spiro atoms. The fourth-order valence-electron chi connectivity index (χ4n) is 2.08. The highest BCUT2D eigenvalue weighted by atomic mass is 32.2. The van der Waals surface area contributed by atoms with Gasteiger partial charge in [-0.1, -0.05) is 6.07 Å². The molecule has 0 bridgehead atoms. The Labute approximate surface area is 116 Å². The fraction of sp³-hybridized carbons (Fsp3) is 0.429. The Hall–Kier alpha value is -1.49. The summed E-state index contributed by atoms with van der Waals surface area (Å²) in [5.41, 5.74) is 0.548. The Balaban J connectivity index is 1.92. The maximum Gasteiger partial charge on any atom is 0.335 e. The summed E-state index contributed by atoms with van der Waals surface area (Å²) < 4.78 is 0. The standard InChI is InChI=1S/C14H17NO3S/c16-13(15-9-10-4-6-19-7-5-10)11-2-1-3-12(8-11)14(17)18/h1-3,8,10H,4-7,9H2,(H,15,16)(H,17,18). The summed E-state index contributed by atoms with van der Waals surface area (Å²) >= 11 is 1.96. The smallest absolute Gasteiger partial charge is 0.335 e. The van der Waals surface area contributed by atoms with Crippen LogP contribution in [0.2, 0.25) is 0 Å². The van der Waals surface area contributed by atoms with E-state index in [0.29, 0.717) is 18.0 Å². The minimum absolute atomic E-state index is 0.140. The summed E-state index contributed by atoms with van der Waals surface area (Å²) in [5.74, 6) is 1.66. The molecule has 1 aliphatic rings. The number of carboxylic acid groups (broad SMARTS) is 1. The number of hydrogen-bond donors (Lipinski definition) is 2. The van der Waals surface area contributed by atoms with Gasteiger partial charge in [0.1, 0.15) is 0 Å². The fourth-order valence-corrected chi connectivity index (χ4v) is 3.29. The van der Waals surface area contributed by atoms with Crippen molar-refractivity contribution < 1.29 is 14.7 Å². The van der Waals surface area contributed by atoms with Crippen LogP contribution in [-0.4, -0.2) is 35.0 Å². The highest BCUT2D eigenvalue weighted by molar-refractivity contribution is 7.99. The van der Waals surface area contributed by atoms with E-state index >= 15 is 0 Å². The number of aromatic carboxylic acids is 1. The minimum Gasteiger partial charge on any atom is -0.478 e. The maximum absolute atomic E-state index is 12.0. The molecular weight excluding hydrogens is 262 g/mol. The number of carbonyl (C=O) groups is 2. The first-order chi connectivity index (χ1) is 9.16. The molecular formula is C14H17NO3S. The van der Waals surface area contributed by atoms with Crippen LogP contribution >= 0.6 is 11.8 Å². The molecule has 2 N–H and O–H groups in total. The predicted octanol–water partition coefficient (Wildman–Crippen LogP) is 2.26. The van der Waals surface area contributed by atoms with Crippen molar-refractivity contribution in [3.05, 3.63) is 35.4 Å². The van der Waals surface area contributed by atoms with Gasteiger partial charge in [-0.3, -0.25) is 4.79 Å². The van der Waals surface area contributed by atoms with Crippen LogP contribution in [0.25, 0.3) is 0 Å². The third kappa shape index (κ3) is 3.99. The van der Waals surface area contributed by atoms with Gasteiger partial charge >= 0.3 is 5.97 Å². The first kappa shape index (κ1) is 13.9. The first-order valence-electron chi connectivity index (χ1n) is 6.36. The number of rotatable bonds is 4. The van der Waals surface area contributed by atoms with Gasteiger partial charge in [-0.2, -0.15) is 11.8 Å². The quantitative estimate of drug-likeness (QED) is 0.887. The maximum atomic E-state index is 12.0. The Morgan fingerprint density at radius 1 is 1.26 bits per heavy atom. The SMILES string of the molecule is O=C(O)c1cccc(C(=O)NCC2CCSCC2)c1. The molecule has 1 fully saturated rings. The van der Waals surface area contributed by atoms with Gasteiger partial charge < -0.3 is 10.4 Å². The zero-order valence-electron chi connectivity index (χ0n) is 10.6. The lowest BCUT2D eigenvalue weighted by atomic mass is 10.0. The van der Waals surface area contributed by atoms with E-state index in [-0.39, 0.29) is 11.5 Å². The Kier molecular flexibility index (Phi) is 4.85. The lowest BCUT2D eigenvalue weighted by molar-refractivity contribution is 0.0697. The zero-order valence-corrected chi connectivity index (χ0v) is 11.4. The number of nitrogens with one attached hydrogen (secondary N) is 1. The molecule has 102 valence electrons. The molecule has 5 heteroatoms. The third-order valence-corrected chi connectivity index (χ3v) is 4.31. The van der Waals surface area contributed by atoms with Crippen molar-refractivity contribution in [2.24, 2.45) is 5.92 Å². The van der Waals surface area contributed by atoms with Crippen LogP contribution in [-0.2, 0) is 0 Å². The lowest BCUT2D eigenvalue weighted by Gasteiger charge is -2.21. The summed E-state index contributed by atoms with van der Waals surface area (Å²) in [4.78, 5) is 22.8. The van der Waals surface area contributed by atoms with E-state index in [9.17, 15) is 9.59 Å². The molecule has 1 aliphatic heterocycles. The second kappa shape index (κ2) is 6.61. The second-order valence-electron chi connectivity index (χ2n) is 4.65. The summed E-state index contributed by atoms with van der Waals surface area (Å²) in [6.07, 6.45) is 2.28. The van der Waals surface area contributed by atoms with Crippen molar-refractivity contribution in [3.63, 3.8) is 0 Å². The zero-order chi connectivity index (χ0) is 13.7.